The number of hydrogen-bond donors (Lipinski definition) is 3. The van der Waals surface area contributed by atoms with Crippen LogP contribution in [0, 0.1) is 0 Å². The van der Waals surface area contributed by atoms with Crippen molar-refractivity contribution in [2.75, 3.05) is 22.6 Å². The smallest absolute Gasteiger partial charge is 0.416 e. The van der Waals surface area contributed by atoms with Crippen LogP contribution in [0.15, 0.2) is 78.9 Å². The van der Waals surface area contributed by atoms with E-state index in [1.807, 2.05) is 30.3 Å². The van der Waals surface area contributed by atoms with Crippen LogP contribution >= 0.6 is 12.2 Å². The van der Waals surface area contributed by atoms with Gasteiger partial charge in [0, 0.05) is 17.1 Å². The van der Waals surface area contributed by atoms with E-state index in [2.05, 4.69) is 16.0 Å². The van der Waals surface area contributed by atoms with Gasteiger partial charge in [0.2, 0.25) is 0 Å². The Morgan fingerprint density at radius 2 is 1.39 bits per heavy atom. The SMILES string of the molecule is O=C(COC(=O)c1ccc(NC(=S)Nc2ccccc2)cc1)Nc1cccc(C(F)(F)F)c1. The molecule has 0 spiro atoms. The first-order valence-corrected chi connectivity index (χ1v) is 9.99. The molecule has 170 valence electrons. The van der Waals surface area contributed by atoms with Crippen LogP contribution in [-0.2, 0) is 15.7 Å². The zero-order valence-electron chi connectivity index (χ0n) is 17.0. The van der Waals surface area contributed by atoms with E-state index < -0.39 is 30.2 Å². The first kappa shape index (κ1) is 23.7. The Kier molecular flexibility index (Phi) is 7.62. The van der Waals surface area contributed by atoms with E-state index in [9.17, 15) is 22.8 Å². The number of para-hydroxylation sites is 1. The molecule has 1 amide bonds. The molecule has 33 heavy (non-hydrogen) atoms. The molecular weight excluding hydrogens is 455 g/mol. The Bertz CT molecular complexity index is 1140. The molecule has 10 heteroatoms. The average molecular weight is 473 g/mol. The monoisotopic (exact) mass is 473 g/mol. The molecule has 6 nitrogen and oxygen atoms in total. The molecule has 0 saturated heterocycles. The number of carbonyl (C=O) groups is 2. The predicted octanol–water partition coefficient (Wildman–Crippen LogP) is 5.31. The average Bonchev–Trinajstić information content (AvgIpc) is 2.78. The molecule has 0 aliphatic heterocycles. The molecular formula is C23H18F3N3O3S. The number of ether oxygens (including phenoxy) is 1. The molecule has 0 heterocycles. The second-order valence-corrected chi connectivity index (χ2v) is 7.13. The minimum absolute atomic E-state index is 0.0543. The molecule has 0 unspecified atom stereocenters. The Balaban J connectivity index is 1.48. The Labute approximate surface area is 192 Å². The molecule has 0 radical (unpaired) electrons. The summed E-state index contributed by atoms with van der Waals surface area (Å²) < 4.78 is 43.2. The van der Waals surface area contributed by atoms with Crippen molar-refractivity contribution in [3.05, 3.63) is 90.0 Å². The van der Waals surface area contributed by atoms with E-state index in [1.54, 1.807) is 12.1 Å². The third-order valence-electron chi connectivity index (χ3n) is 4.22. The quantitative estimate of drug-likeness (QED) is 0.333. The predicted molar refractivity (Wildman–Crippen MR) is 123 cm³/mol. The number of hydrogen-bond acceptors (Lipinski definition) is 4. The largest absolute Gasteiger partial charge is 0.452 e. The van der Waals surface area contributed by atoms with Crippen molar-refractivity contribution in [1.82, 2.24) is 0 Å². The highest BCUT2D eigenvalue weighted by Gasteiger charge is 2.30. The molecule has 0 atom stereocenters. The van der Waals surface area contributed by atoms with Crippen LogP contribution < -0.4 is 16.0 Å². The van der Waals surface area contributed by atoms with Gasteiger partial charge in [-0.25, -0.2) is 4.79 Å². The number of carbonyl (C=O) groups excluding carboxylic acids is 2. The number of rotatable bonds is 6. The Hall–Kier alpha value is -3.92. The topological polar surface area (TPSA) is 79.5 Å². The summed E-state index contributed by atoms with van der Waals surface area (Å²) in [5.41, 5.74) is 0.682. The number of nitrogens with one attached hydrogen (secondary N) is 3. The molecule has 0 aliphatic rings. The van der Waals surface area contributed by atoms with Crippen molar-refractivity contribution in [3.63, 3.8) is 0 Å². The third-order valence-corrected chi connectivity index (χ3v) is 4.42. The van der Waals surface area contributed by atoms with Gasteiger partial charge in [0.05, 0.1) is 11.1 Å². The third kappa shape index (κ3) is 7.32. The number of esters is 1. The van der Waals surface area contributed by atoms with Gasteiger partial charge < -0.3 is 20.7 Å². The summed E-state index contributed by atoms with van der Waals surface area (Å²) in [5.74, 6) is -1.52. The van der Waals surface area contributed by atoms with Crippen LogP contribution in [0.4, 0.5) is 30.2 Å². The second kappa shape index (κ2) is 10.6. The van der Waals surface area contributed by atoms with E-state index in [4.69, 9.17) is 17.0 Å². The summed E-state index contributed by atoms with van der Waals surface area (Å²) in [6, 6.07) is 19.7. The van der Waals surface area contributed by atoms with E-state index in [-0.39, 0.29) is 11.3 Å². The van der Waals surface area contributed by atoms with Gasteiger partial charge in [-0.1, -0.05) is 24.3 Å². The number of alkyl halides is 3. The fourth-order valence-electron chi connectivity index (χ4n) is 2.69. The number of benzene rings is 3. The molecule has 3 rings (SSSR count). The zero-order chi connectivity index (χ0) is 23.8. The van der Waals surface area contributed by atoms with Crippen LogP contribution in [0.25, 0.3) is 0 Å². The highest BCUT2D eigenvalue weighted by molar-refractivity contribution is 7.80. The van der Waals surface area contributed by atoms with Gasteiger partial charge >= 0.3 is 12.1 Å². The van der Waals surface area contributed by atoms with Gasteiger partial charge in [-0.05, 0) is 66.8 Å². The summed E-state index contributed by atoms with van der Waals surface area (Å²) in [7, 11) is 0. The zero-order valence-corrected chi connectivity index (χ0v) is 17.8. The maximum atomic E-state index is 12.7. The molecule has 3 N–H and O–H groups in total. The van der Waals surface area contributed by atoms with Gasteiger partial charge in [-0.3, -0.25) is 4.79 Å². The van der Waals surface area contributed by atoms with Crippen molar-refractivity contribution in [1.29, 1.82) is 0 Å². The van der Waals surface area contributed by atoms with E-state index in [0.29, 0.717) is 10.8 Å². The maximum absolute atomic E-state index is 12.7. The van der Waals surface area contributed by atoms with Crippen LogP contribution in [-0.4, -0.2) is 23.6 Å². The van der Waals surface area contributed by atoms with Crippen molar-refractivity contribution in [2.45, 2.75) is 6.18 Å². The van der Waals surface area contributed by atoms with Crippen LogP contribution in [0.1, 0.15) is 15.9 Å². The minimum atomic E-state index is -4.53. The molecule has 3 aromatic rings. The lowest BCUT2D eigenvalue weighted by Crippen LogP contribution is -2.21. The number of anilines is 3. The molecule has 0 saturated carbocycles. The summed E-state index contributed by atoms with van der Waals surface area (Å²) in [4.78, 5) is 24.1. The Morgan fingerprint density at radius 1 is 0.788 bits per heavy atom. The number of amides is 1. The fourth-order valence-corrected chi connectivity index (χ4v) is 2.93. The van der Waals surface area contributed by atoms with E-state index in [1.165, 1.54) is 24.3 Å². The van der Waals surface area contributed by atoms with Gasteiger partial charge in [-0.15, -0.1) is 0 Å². The lowest BCUT2D eigenvalue weighted by atomic mass is 10.2. The first-order valence-electron chi connectivity index (χ1n) is 9.58. The minimum Gasteiger partial charge on any atom is -0.452 e. The highest BCUT2D eigenvalue weighted by Crippen LogP contribution is 2.30. The van der Waals surface area contributed by atoms with E-state index >= 15 is 0 Å². The molecule has 0 bridgehead atoms. The van der Waals surface area contributed by atoms with Gasteiger partial charge in [0.25, 0.3) is 5.91 Å². The van der Waals surface area contributed by atoms with Crippen LogP contribution in [0.5, 0.6) is 0 Å². The van der Waals surface area contributed by atoms with Crippen LogP contribution in [0.3, 0.4) is 0 Å². The highest BCUT2D eigenvalue weighted by atomic mass is 32.1. The maximum Gasteiger partial charge on any atom is 0.416 e. The van der Waals surface area contributed by atoms with Crippen molar-refractivity contribution < 1.29 is 27.5 Å². The standard InChI is InChI=1S/C23H18F3N3O3S/c24-23(25,26)16-5-4-8-19(13-16)27-20(30)14-32-21(31)15-9-11-18(12-10-15)29-22(33)28-17-6-2-1-3-7-17/h1-13H,14H2,(H,27,30)(H2,28,29,33). The Morgan fingerprint density at radius 3 is 2.03 bits per heavy atom. The lowest BCUT2D eigenvalue weighted by Gasteiger charge is -2.11. The summed E-state index contributed by atoms with van der Waals surface area (Å²) in [6.45, 7) is -0.653. The lowest BCUT2D eigenvalue weighted by molar-refractivity contribution is -0.137. The summed E-state index contributed by atoms with van der Waals surface area (Å²) >= 11 is 5.23. The normalized spacial score (nSPS) is 10.8. The first-order chi connectivity index (χ1) is 15.7. The molecule has 0 aliphatic carbocycles. The van der Waals surface area contributed by atoms with Crippen molar-refractivity contribution in [3.8, 4) is 0 Å². The van der Waals surface area contributed by atoms with Gasteiger partial charge in [0.1, 0.15) is 0 Å². The summed E-state index contributed by atoms with van der Waals surface area (Å²) in [6.07, 6.45) is -4.53. The number of halogens is 3. The van der Waals surface area contributed by atoms with E-state index in [0.717, 1.165) is 17.8 Å². The second-order valence-electron chi connectivity index (χ2n) is 6.73. The molecule has 3 aromatic carbocycles. The van der Waals surface area contributed by atoms with Crippen molar-refractivity contribution in [2.24, 2.45) is 0 Å². The van der Waals surface area contributed by atoms with Crippen molar-refractivity contribution >= 4 is 46.3 Å². The van der Waals surface area contributed by atoms with Gasteiger partial charge in [-0.2, -0.15) is 13.2 Å². The molecule has 0 fully saturated rings. The number of thiocarbonyl (C=S) groups is 1. The molecule has 0 aromatic heterocycles. The summed E-state index contributed by atoms with van der Waals surface area (Å²) in [5, 5.41) is 8.62. The fraction of sp³-hybridized carbons (Fsp3) is 0.0870. The van der Waals surface area contributed by atoms with Crippen LogP contribution in [0.2, 0.25) is 0 Å². The van der Waals surface area contributed by atoms with Gasteiger partial charge in [0.15, 0.2) is 11.7 Å².